The fourth-order valence-corrected chi connectivity index (χ4v) is 2.64. The molecule has 2 aromatic rings. The number of nitrogens with one attached hydrogen (secondary N) is 1. The zero-order valence-electron chi connectivity index (χ0n) is 13.2. The molecule has 0 spiro atoms. The number of pyridine rings is 1. The second-order valence-corrected chi connectivity index (χ2v) is 5.96. The van der Waals surface area contributed by atoms with Gasteiger partial charge in [0.25, 0.3) is 5.91 Å². The van der Waals surface area contributed by atoms with Crippen molar-refractivity contribution >= 4 is 29.1 Å². The van der Waals surface area contributed by atoms with Crippen LogP contribution in [0.5, 0.6) is 5.75 Å². The third-order valence-corrected chi connectivity index (χ3v) is 4.45. The number of hydrogen-bond donors (Lipinski definition) is 1. The van der Waals surface area contributed by atoms with Crippen LogP contribution in [0.4, 0.5) is 0 Å². The summed E-state index contributed by atoms with van der Waals surface area (Å²) in [6.45, 7) is 4.21. The van der Waals surface area contributed by atoms with Gasteiger partial charge >= 0.3 is 0 Å². The number of halogens is 2. The van der Waals surface area contributed by atoms with Crippen molar-refractivity contribution < 1.29 is 9.53 Å². The summed E-state index contributed by atoms with van der Waals surface area (Å²) in [5.74, 6) is 0.513. The van der Waals surface area contributed by atoms with Crippen LogP contribution in [-0.2, 0) is 6.42 Å². The van der Waals surface area contributed by atoms with Crippen molar-refractivity contribution in [2.75, 3.05) is 13.7 Å². The van der Waals surface area contributed by atoms with Crippen LogP contribution in [0.3, 0.4) is 0 Å². The van der Waals surface area contributed by atoms with Crippen LogP contribution >= 0.6 is 23.2 Å². The minimum atomic E-state index is -0.295. The Morgan fingerprint density at radius 2 is 2.00 bits per heavy atom. The van der Waals surface area contributed by atoms with Gasteiger partial charge in [-0.2, -0.15) is 0 Å². The fourth-order valence-electron chi connectivity index (χ4n) is 2.22. The van der Waals surface area contributed by atoms with Crippen LogP contribution in [0.1, 0.15) is 27.2 Å². The van der Waals surface area contributed by atoms with Gasteiger partial charge in [-0.3, -0.25) is 9.78 Å². The number of methoxy groups -OCH3 is 1. The molecular formula is C17H18Cl2N2O2. The monoisotopic (exact) mass is 352 g/mol. The van der Waals surface area contributed by atoms with Crippen LogP contribution in [-0.4, -0.2) is 24.5 Å². The van der Waals surface area contributed by atoms with E-state index in [9.17, 15) is 4.79 Å². The molecule has 1 heterocycles. The van der Waals surface area contributed by atoms with Crippen LogP contribution in [0, 0.1) is 13.8 Å². The van der Waals surface area contributed by atoms with Crippen molar-refractivity contribution in [2.45, 2.75) is 20.3 Å². The Kier molecular flexibility index (Phi) is 5.85. The average molecular weight is 353 g/mol. The summed E-state index contributed by atoms with van der Waals surface area (Å²) in [6, 6.07) is 5.95. The number of hydrogen-bond acceptors (Lipinski definition) is 3. The van der Waals surface area contributed by atoms with Gasteiger partial charge in [0.15, 0.2) is 0 Å². The number of nitrogens with zero attached hydrogens (tertiary/aromatic N) is 1. The van der Waals surface area contributed by atoms with Gasteiger partial charge in [-0.1, -0.05) is 40.9 Å². The molecule has 1 amide bonds. The molecule has 0 saturated carbocycles. The molecular weight excluding hydrogens is 335 g/mol. The Labute approximate surface area is 145 Å². The predicted octanol–water partition coefficient (Wildman–Crippen LogP) is 3.99. The molecule has 122 valence electrons. The minimum absolute atomic E-state index is 0.227. The Balaban J connectivity index is 2.03. The molecule has 0 fully saturated rings. The van der Waals surface area contributed by atoms with E-state index in [1.165, 1.54) is 6.20 Å². The first-order chi connectivity index (χ1) is 10.9. The zero-order chi connectivity index (χ0) is 17.0. The summed E-state index contributed by atoms with van der Waals surface area (Å²) in [4.78, 5) is 16.3. The number of rotatable bonds is 5. The van der Waals surface area contributed by atoms with E-state index in [4.69, 9.17) is 27.9 Å². The van der Waals surface area contributed by atoms with E-state index in [0.717, 1.165) is 16.9 Å². The first kappa shape index (κ1) is 17.6. The number of amides is 1. The van der Waals surface area contributed by atoms with Crippen molar-refractivity contribution in [3.63, 3.8) is 0 Å². The third kappa shape index (κ3) is 4.15. The van der Waals surface area contributed by atoms with Crippen molar-refractivity contribution in [2.24, 2.45) is 0 Å². The smallest absolute Gasteiger partial charge is 0.254 e. The lowest BCUT2D eigenvalue weighted by atomic mass is 10.1. The van der Waals surface area contributed by atoms with Crippen molar-refractivity contribution in [1.82, 2.24) is 10.3 Å². The first-order valence-corrected chi connectivity index (χ1v) is 7.92. The van der Waals surface area contributed by atoms with E-state index in [1.54, 1.807) is 14.0 Å². The first-order valence-electron chi connectivity index (χ1n) is 7.16. The van der Waals surface area contributed by atoms with Crippen LogP contribution < -0.4 is 10.1 Å². The second-order valence-electron chi connectivity index (χ2n) is 5.21. The minimum Gasteiger partial charge on any atom is -0.496 e. The maximum atomic E-state index is 12.2. The van der Waals surface area contributed by atoms with Crippen molar-refractivity contribution in [3.8, 4) is 5.75 Å². The summed E-state index contributed by atoms with van der Waals surface area (Å²) in [7, 11) is 1.63. The second kappa shape index (κ2) is 7.66. The summed E-state index contributed by atoms with van der Waals surface area (Å²) in [6.07, 6.45) is 2.09. The van der Waals surface area contributed by atoms with E-state index < -0.39 is 0 Å². The highest BCUT2D eigenvalue weighted by atomic mass is 35.5. The number of aryl methyl sites for hydroxylation is 2. The van der Waals surface area contributed by atoms with Gasteiger partial charge in [0, 0.05) is 12.7 Å². The van der Waals surface area contributed by atoms with Gasteiger partial charge in [0.2, 0.25) is 0 Å². The molecule has 1 aromatic heterocycles. The number of ether oxygens (including phenoxy) is 1. The molecule has 0 unspecified atom stereocenters. The quantitative estimate of drug-likeness (QED) is 0.884. The van der Waals surface area contributed by atoms with E-state index in [1.807, 2.05) is 25.1 Å². The summed E-state index contributed by atoms with van der Waals surface area (Å²) < 4.78 is 5.33. The van der Waals surface area contributed by atoms with E-state index in [-0.39, 0.29) is 16.5 Å². The SMILES string of the molecule is COc1ccc(C)cc1CCNC(=O)c1cnc(C)c(Cl)c1Cl. The maximum Gasteiger partial charge on any atom is 0.254 e. The van der Waals surface area contributed by atoms with Gasteiger partial charge in [-0.15, -0.1) is 0 Å². The average Bonchev–Trinajstić information content (AvgIpc) is 2.53. The molecule has 2 rings (SSSR count). The van der Waals surface area contributed by atoms with Gasteiger partial charge in [-0.05, 0) is 31.9 Å². The molecule has 0 atom stereocenters. The lowest BCUT2D eigenvalue weighted by Crippen LogP contribution is -2.26. The summed E-state index contributed by atoms with van der Waals surface area (Å²) >= 11 is 12.1. The molecule has 0 aliphatic carbocycles. The molecule has 1 aromatic carbocycles. The molecule has 0 aliphatic heterocycles. The van der Waals surface area contributed by atoms with Gasteiger partial charge in [0.05, 0.1) is 28.4 Å². The van der Waals surface area contributed by atoms with Crippen molar-refractivity contribution in [3.05, 3.63) is 56.8 Å². The topological polar surface area (TPSA) is 51.2 Å². The lowest BCUT2D eigenvalue weighted by molar-refractivity contribution is 0.0954. The summed E-state index contributed by atoms with van der Waals surface area (Å²) in [5, 5.41) is 3.36. The largest absolute Gasteiger partial charge is 0.496 e. The Bertz CT molecular complexity index is 733. The van der Waals surface area contributed by atoms with Gasteiger partial charge < -0.3 is 10.1 Å². The number of carbonyl (C=O) groups is 1. The molecule has 4 nitrogen and oxygen atoms in total. The molecule has 0 saturated heterocycles. The van der Waals surface area contributed by atoms with Crippen molar-refractivity contribution in [1.29, 1.82) is 0 Å². The highest BCUT2D eigenvalue weighted by Crippen LogP contribution is 2.27. The molecule has 23 heavy (non-hydrogen) atoms. The van der Waals surface area contributed by atoms with Crippen LogP contribution in [0.15, 0.2) is 24.4 Å². The zero-order valence-corrected chi connectivity index (χ0v) is 14.8. The van der Waals surface area contributed by atoms with Crippen LogP contribution in [0.25, 0.3) is 0 Å². The van der Waals surface area contributed by atoms with E-state index in [2.05, 4.69) is 10.3 Å². The Hall–Kier alpha value is -1.78. The maximum absolute atomic E-state index is 12.2. The molecule has 0 radical (unpaired) electrons. The molecule has 1 N–H and O–H groups in total. The van der Waals surface area contributed by atoms with E-state index in [0.29, 0.717) is 23.7 Å². The lowest BCUT2D eigenvalue weighted by Gasteiger charge is -2.11. The summed E-state index contributed by atoms with van der Waals surface area (Å²) in [5.41, 5.74) is 3.06. The highest BCUT2D eigenvalue weighted by Gasteiger charge is 2.15. The third-order valence-electron chi connectivity index (χ3n) is 3.49. The molecule has 6 heteroatoms. The number of carbonyl (C=O) groups excluding carboxylic acids is 1. The molecule has 0 aliphatic rings. The molecule has 0 bridgehead atoms. The highest BCUT2D eigenvalue weighted by molar-refractivity contribution is 6.44. The fraction of sp³-hybridized carbons (Fsp3) is 0.294. The Morgan fingerprint density at radius 3 is 2.70 bits per heavy atom. The predicted molar refractivity (Wildman–Crippen MR) is 92.8 cm³/mol. The van der Waals surface area contributed by atoms with Crippen LogP contribution in [0.2, 0.25) is 10.0 Å². The normalized spacial score (nSPS) is 10.5. The number of aromatic nitrogens is 1. The Morgan fingerprint density at radius 1 is 1.26 bits per heavy atom. The van der Waals surface area contributed by atoms with Gasteiger partial charge in [0.1, 0.15) is 5.75 Å². The van der Waals surface area contributed by atoms with Gasteiger partial charge in [-0.25, -0.2) is 0 Å². The number of benzene rings is 1. The standard InChI is InChI=1S/C17H18Cl2N2O2/c1-10-4-5-14(23-3)12(8-10)6-7-20-17(22)13-9-21-11(2)15(18)16(13)19/h4-5,8-9H,6-7H2,1-3H3,(H,20,22). The van der Waals surface area contributed by atoms with E-state index >= 15 is 0 Å².